The number of nitriles is 1. The Hall–Kier alpha value is -3.73. The summed E-state index contributed by atoms with van der Waals surface area (Å²) >= 11 is 0. The summed E-state index contributed by atoms with van der Waals surface area (Å²) in [6.07, 6.45) is -4.63. The fourth-order valence-electron chi connectivity index (χ4n) is 3.72. The Morgan fingerprint density at radius 3 is 1.97 bits per heavy atom. The molecule has 1 aliphatic rings. The van der Waals surface area contributed by atoms with Crippen LogP contribution in [-0.4, -0.2) is 12.1 Å². The maximum atomic E-state index is 14.1. The minimum Gasteiger partial charge on any atom is -0.406 e. The van der Waals surface area contributed by atoms with Crippen LogP contribution in [0.5, 0.6) is 5.75 Å². The quantitative estimate of drug-likeness (QED) is 0.427. The van der Waals surface area contributed by atoms with Gasteiger partial charge in [-0.2, -0.15) is 5.26 Å². The third-order valence-electron chi connectivity index (χ3n) is 5.18. The molecule has 32 heavy (non-hydrogen) atoms. The van der Waals surface area contributed by atoms with Crippen molar-refractivity contribution < 1.29 is 26.7 Å². The summed E-state index contributed by atoms with van der Waals surface area (Å²) in [4.78, 5) is 4.44. The molecule has 4 rings (SSSR count). The SMILES string of the molecule is N#CC1CC(c2c(F)cccc2F)=NC1c1ccc(-c2ccc(OC(F)(F)F)cc2)cc1. The minimum atomic E-state index is -4.76. The lowest BCUT2D eigenvalue weighted by molar-refractivity contribution is -0.274. The Bertz CT molecular complexity index is 1170. The van der Waals surface area contributed by atoms with Crippen molar-refractivity contribution in [3.8, 4) is 22.9 Å². The van der Waals surface area contributed by atoms with E-state index >= 15 is 0 Å². The predicted molar refractivity (Wildman–Crippen MR) is 108 cm³/mol. The molecular weight excluding hydrogens is 427 g/mol. The van der Waals surface area contributed by atoms with Gasteiger partial charge in [-0.25, -0.2) is 8.78 Å². The van der Waals surface area contributed by atoms with E-state index in [1.54, 1.807) is 24.3 Å². The first kappa shape index (κ1) is 21.5. The van der Waals surface area contributed by atoms with Crippen molar-refractivity contribution in [1.82, 2.24) is 0 Å². The summed E-state index contributed by atoms with van der Waals surface area (Å²) < 4.78 is 69.1. The number of ether oxygens (including phenoxy) is 1. The van der Waals surface area contributed by atoms with Gasteiger partial charge in [-0.15, -0.1) is 13.2 Å². The van der Waals surface area contributed by atoms with Gasteiger partial charge in [-0.05, 0) is 41.0 Å². The van der Waals surface area contributed by atoms with E-state index in [2.05, 4.69) is 15.8 Å². The molecular formula is C24H15F5N2O. The molecule has 3 aromatic carbocycles. The first-order valence-corrected chi connectivity index (χ1v) is 9.62. The lowest BCUT2D eigenvalue weighted by Gasteiger charge is -2.13. The summed E-state index contributed by atoms with van der Waals surface area (Å²) in [5.41, 5.74) is 2.11. The molecule has 8 heteroatoms. The van der Waals surface area contributed by atoms with Crippen molar-refractivity contribution in [2.45, 2.75) is 18.8 Å². The highest BCUT2D eigenvalue weighted by molar-refractivity contribution is 6.02. The van der Waals surface area contributed by atoms with Crippen molar-refractivity contribution in [2.24, 2.45) is 10.9 Å². The third-order valence-corrected chi connectivity index (χ3v) is 5.18. The fraction of sp³-hybridized carbons (Fsp3) is 0.167. The van der Waals surface area contributed by atoms with Crippen LogP contribution >= 0.6 is 0 Å². The standard InChI is InChI=1S/C24H15F5N2O/c25-19-2-1-3-20(26)22(19)21-12-17(13-30)23(31-21)16-6-4-14(5-7-16)15-8-10-18(11-9-15)32-24(27,28)29/h1-11,17,23H,12H2. The molecule has 1 aliphatic heterocycles. The number of rotatable bonds is 4. The molecule has 0 radical (unpaired) electrons. The highest BCUT2D eigenvalue weighted by Gasteiger charge is 2.33. The van der Waals surface area contributed by atoms with E-state index in [1.807, 2.05) is 0 Å². The topological polar surface area (TPSA) is 45.4 Å². The van der Waals surface area contributed by atoms with Crippen molar-refractivity contribution >= 4 is 5.71 Å². The molecule has 0 N–H and O–H groups in total. The molecule has 0 fully saturated rings. The van der Waals surface area contributed by atoms with Crippen LogP contribution in [0.15, 0.2) is 71.7 Å². The van der Waals surface area contributed by atoms with Crippen LogP contribution in [0.3, 0.4) is 0 Å². The first-order valence-electron chi connectivity index (χ1n) is 9.62. The average Bonchev–Trinajstić information content (AvgIpc) is 3.17. The Labute approximate surface area is 180 Å². The van der Waals surface area contributed by atoms with Gasteiger partial charge < -0.3 is 4.74 Å². The Balaban J connectivity index is 1.58. The van der Waals surface area contributed by atoms with Crippen LogP contribution < -0.4 is 4.74 Å². The van der Waals surface area contributed by atoms with Gasteiger partial charge in [-0.1, -0.05) is 42.5 Å². The Morgan fingerprint density at radius 1 is 0.875 bits per heavy atom. The number of hydrogen-bond acceptors (Lipinski definition) is 3. The lowest BCUT2D eigenvalue weighted by Crippen LogP contribution is -2.16. The number of nitrogens with zero attached hydrogens (tertiary/aromatic N) is 2. The van der Waals surface area contributed by atoms with Gasteiger partial charge in [0.25, 0.3) is 0 Å². The zero-order chi connectivity index (χ0) is 22.9. The van der Waals surface area contributed by atoms with Gasteiger partial charge >= 0.3 is 6.36 Å². The largest absolute Gasteiger partial charge is 0.573 e. The molecule has 0 spiro atoms. The van der Waals surface area contributed by atoms with Crippen LogP contribution in [-0.2, 0) is 0 Å². The molecule has 0 saturated carbocycles. The number of halogens is 5. The molecule has 1 heterocycles. The van der Waals surface area contributed by atoms with Crippen LogP contribution in [0.1, 0.15) is 23.6 Å². The zero-order valence-electron chi connectivity index (χ0n) is 16.4. The van der Waals surface area contributed by atoms with E-state index in [4.69, 9.17) is 0 Å². The van der Waals surface area contributed by atoms with Crippen molar-refractivity contribution in [3.05, 3.63) is 89.5 Å². The lowest BCUT2D eigenvalue weighted by atomic mass is 9.91. The normalized spacial score (nSPS) is 18.2. The number of benzene rings is 3. The molecule has 2 unspecified atom stereocenters. The van der Waals surface area contributed by atoms with Gasteiger partial charge in [0.05, 0.1) is 29.3 Å². The molecule has 0 aromatic heterocycles. The minimum absolute atomic E-state index is 0.126. The maximum absolute atomic E-state index is 14.1. The van der Waals surface area contributed by atoms with E-state index < -0.39 is 30.0 Å². The Kier molecular flexibility index (Phi) is 5.66. The second-order valence-corrected chi connectivity index (χ2v) is 7.25. The monoisotopic (exact) mass is 442 g/mol. The smallest absolute Gasteiger partial charge is 0.406 e. The Morgan fingerprint density at radius 2 is 1.44 bits per heavy atom. The number of hydrogen-bond donors (Lipinski definition) is 0. The molecule has 2 atom stereocenters. The molecule has 0 bridgehead atoms. The maximum Gasteiger partial charge on any atom is 0.573 e. The van der Waals surface area contributed by atoms with E-state index in [0.717, 1.165) is 17.7 Å². The van der Waals surface area contributed by atoms with Crippen LogP contribution in [0.25, 0.3) is 11.1 Å². The summed E-state index contributed by atoms with van der Waals surface area (Å²) in [6, 6.07) is 17.6. The summed E-state index contributed by atoms with van der Waals surface area (Å²) in [5.74, 6) is -2.35. The van der Waals surface area contributed by atoms with E-state index in [0.29, 0.717) is 11.1 Å². The second kappa shape index (κ2) is 8.42. The van der Waals surface area contributed by atoms with Gasteiger partial charge in [0.2, 0.25) is 0 Å². The molecule has 0 saturated heterocycles. The van der Waals surface area contributed by atoms with Crippen molar-refractivity contribution in [1.29, 1.82) is 5.26 Å². The highest BCUT2D eigenvalue weighted by Crippen LogP contribution is 2.38. The van der Waals surface area contributed by atoms with Gasteiger partial charge in [0.1, 0.15) is 17.4 Å². The highest BCUT2D eigenvalue weighted by atomic mass is 19.4. The van der Waals surface area contributed by atoms with Crippen molar-refractivity contribution in [3.63, 3.8) is 0 Å². The zero-order valence-corrected chi connectivity index (χ0v) is 16.4. The van der Waals surface area contributed by atoms with Crippen LogP contribution in [0.4, 0.5) is 22.0 Å². The molecule has 162 valence electrons. The van der Waals surface area contributed by atoms with E-state index in [9.17, 15) is 27.2 Å². The summed E-state index contributed by atoms with van der Waals surface area (Å²) in [6.45, 7) is 0. The average molecular weight is 442 g/mol. The van der Waals surface area contributed by atoms with Gasteiger partial charge in [0.15, 0.2) is 0 Å². The molecule has 0 amide bonds. The second-order valence-electron chi connectivity index (χ2n) is 7.25. The van der Waals surface area contributed by atoms with E-state index in [-0.39, 0.29) is 23.4 Å². The van der Waals surface area contributed by atoms with Crippen LogP contribution in [0, 0.1) is 28.9 Å². The molecule has 0 aliphatic carbocycles. The predicted octanol–water partition coefficient (Wildman–Crippen LogP) is 6.60. The van der Waals surface area contributed by atoms with E-state index in [1.165, 1.54) is 30.3 Å². The number of aliphatic imine (C=N–C) groups is 1. The third kappa shape index (κ3) is 4.47. The summed E-state index contributed by atoms with van der Waals surface area (Å²) in [7, 11) is 0. The fourth-order valence-corrected chi connectivity index (χ4v) is 3.72. The van der Waals surface area contributed by atoms with Gasteiger partial charge in [0, 0.05) is 6.42 Å². The molecule has 3 aromatic rings. The first-order chi connectivity index (χ1) is 15.2. The van der Waals surface area contributed by atoms with Gasteiger partial charge in [-0.3, -0.25) is 4.99 Å². The van der Waals surface area contributed by atoms with Crippen LogP contribution in [0.2, 0.25) is 0 Å². The van der Waals surface area contributed by atoms with Crippen molar-refractivity contribution in [2.75, 3.05) is 0 Å². The number of alkyl halides is 3. The molecule has 3 nitrogen and oxygen atoms in total. The summed E-state index contributed by atoms with van der Waals surface area (Å²) in [5, 5.41) is 9.54.